The zero-order valence-corrected chi connectivity index (χ0v) is 8.81. The van der Waals surface area contributed by atoms with E-state index in [2.05, 4.69) is 26.6 Å². The molecule has 6 heteroatoms. The van der Waals surface area contributed by atoms with E-state index >= 15 is 0 Å². The van der Waals surface area contributed by atoms with Gasteiger partial charge in [-0.3, -0.25) is 0 Å². The number of ether oxygens (including phenoxy) is 1. The fourth-order valence-electron chi connectivity index (χ4n) is 1.03. The Morgan fingerprint density at radius 1 is 1.35 bits per heavy atom. The highest BCUT2D eigenvalue weighted by molar-refractivity contribution is 5.38. The smallest absolute Gasteiger partial charge is 0.387 e. The largest absolute Gasteiger partial charge is 0.435 e. The molecule has 0 bridgehead atoms. The van der Waals surface area contributed by atoms with Crippen LogP contribution in [0.2, 0.25) is 0 Å². The van der Waals surface area contributed by atoms with Crippen LogP contribution in [0.1, 0.15) is 12.0 Å². The number of alkyl halides is 2. The summed E-state index contributed by atoms with van der Waals surface area (Å²) in [6.07, 6.45) is 0.458. The van der Waals surface area contributed by atoms with Gasteiger partial charge in [-0.05, 0) is 29.8 Å². The Kier molecular flexibility index (Phi) is 5.35. The predicted molar refractivity (Wildman–Crippen MR) is 58.6 cm³/mol. The van der Waals surface area contributed by atoms with Crippen molar-refractivity contribution in [3.8, 4) is 17.6 Å². The monoisotopic (exact) mass is 237 g/mol. The number of benzene rings is 1. The molecule has 88 valence electrons. The molecule has 1 rings (SSSR count). The highest BCUT2D eigenvalue weighted by atomic mass is 19.3. The molecule has 1 aromatic carbocycles. The van der Waals surface area contributed by atoms with Crippen LogP contribution in [0.4, 0.5) is 8.78 Å². The first-order valence-corrected chi connectivity index (χ1v) is 4.77. The third kappa shape index (κ3) is 5.40. The molecule has 0 atom stereocenters. The second kappa shape index (κ2) is 7.09. The average Bonchev–Trinajstić information content (AvgIpc) is 2.30. The molecule has 0 aliphatic carbocycles. The van der Waals surface area contributed by atoms with Gasteiger partial charge in [0.1, 0.15) is 5.75 Å². The van der Waals surface area contributed by atoms with Gasteiger partial charge in [-0.15, -0.1) is 0 Å². The Morgan fingerprint density at radius 3 is 2.65 bits per heavy atom. The number of nitrogens with zero attached hydrogens (tertiary/aromatic N) is 3. The van der Waals surface area contributed by atoms with E-state index in [1.165, 1.54) is 12.1 Å². The van der Waals surface area contributed by atoms with Crippen LogP contribution in [0.15, 0.2) is 29.4 Å². The van der Waals surface area contributed by atoms with Gasteiger partial charge in [0, 0.05) is 23.4 Å². The van der Waals surface area contributed by atoms with E-state index in [9.17, 15) is 8.78 Å². The first kappa shape index (κ1) is 12.8. The summed E-state index contributed by atoms with van der Waals surface area (Å²) in [5, 5.41) is 3.32. The third-order valence-electron chi connectivity index (χ3n) is 1.71. The van der Waals surface area contributed by atoms with Gasteiger partial charge in [-0.2, -0.15) is 8.78 Å². The Bertz CT molecular complexity index is 456. The van der Waals surface area contributed by atoms with Gasteiger partial charge >= 0.3 is 6.61 Å². The van der Waals surface area contributed by atoms with Crippen molar-refractivity contribution in [3.63, 3.8) is 0 Å². The lowest BCUT2D eigenvalue weighted by atomic mass is 10.2. The van der Waals surface area contributed by atoms with Gasteiger partial charge in [-0.1, -0.05) is 17.0 Å². The van der Waals surface area contributed by atoms with E-state index in [-0.39, 0.29) is 5.75 Å². The molecule has 0 aromatic heterocycles. The van der Waals surface area contributed by atoms with E-state index in [0.29, 0.717) is 18.5 Å². The van der Waals surface area contributed by atoms with Crippen LogP contribution < -0.4 is 4.74 Å². The van der Waals surface area contributed by atoms with Crippen molar-refractivity contribution in [3.05, 3.63) is 40.3 Å². The van der Waals surface area contributed by atoms with Crippen LogP contribution in [-0.4, -0.2) is 13.2 Å². The van der Waals surface area contributed by atoms with Crippen molar-refractivity contribution in [1.29, 1.82) is 0 Å². The standard InChI is InChI=1S/C11H9F2N3O/c12-11(13)17-10-6-4-9(5-7-10)3-1-2-8-15-16-14/h4-7,11H,2,8H2. The van der Waals surface area contributed by atoms with Crippen molar-refractivity contribution in [2.45, 2.75) is 13.0 Å². The molecule has 0 N–H and O–H groups in total. The first-order valence-electron chi connectivity index (χ1n) is 4.77. The Labute approximate surface area is 96.8 Å². The Balaban J connectivity index is 2.52. The van der Waals surface area contributed by atoms with Gasteiger partial charge in [0.05, 0.1) is 0 Å². The second-order valence-electron chi connectivity index (χ2n) is 2.91. The van der Waals surface area contributed by atoms with E-state index in [4.69, 9.17) is 5.53 Å². The molecule has 4 nitrogen and oxygen atoms in total. The minimum absolute atomic E-state index is 0.0969. The van der Waals surface area contributed by atoms with Gasteiger partial charge in [0.2, 0.25) is 0 Å². The number of azide groups is 1. The van der Waals surface area contributed by atoms with Crippen LogP contribution in [0.5, 0.6) is 5.75 Å². The summed E-state index contributed by atoms with van der Waals surface area (Å²) in [5.74, 6) is 5.70. The predicted octanol–water partition coefficient (Wildman–Crippen LogP) is 3.34. The molecule has 0 aliphatic heterocycles. The van der Waals surface area contributed by atoms with Crippen LogP contribution >= 0.6 is 0 Å². The van der Waals surface area contributed by atoms with Crippen molar-refractivity contribution in [1.82, 2.24) is 0 Å². The van der Waals surface area contributed by atoms with Crippen molar-refractivity contribution in [2.24, 2.45) is 5.11 Å². The molecule has 0 spiro atoms. The highest BCUT2D eigenvalue weighted by Crippen LogP contribution is 2.14. The van der Waals surface area contributed by atoms with Gasteiger partial charge in [-0.25, -0.2) is 0 Å². The summed E-state index contributed by atoms with van der Waals surface area (Å²) in [4.78, 5) is 2.59. The van der Waals surface area contributed by atoms with Crippen LogP contribution in [0.3, 0.4) is 0 Å². The Hall–Kier alpha value is -2.25. The van der Waals surface area contributed by atoms with Crippen LogP contribution in [-0.2, 0) is 0 Å². The van der Waals surface area contributed by atoms with Gasteiger partial charge in [0.25, 0.3) is 0 Å². The number of halogens is 2. The molecule has 17 heavy (non-hydrogen) atoms. The van der Waals surface area contributed by atoms with Crippen molar-refractivity contribution < 1.29 is 13.5 Å². The molecule has 0 heterocycles. The lowest BCUT2D eigenvalue weighted by Crippen LogP contribution is -2.01. The minimum atomic E-state index is -2.82. The number of hydrogen-bond acceptors (Lipinski definition) is 2. The van der Waals surface area contributed by atoms with Crippen LogP contribution in [0.25, 0.3) is 10.4 Å². The normalized spacial score (nSPS) is 9.12. The molecule has 0 saturated heterocycles. The maximum atomic E-state index is 11.9. The number of rotatable bonds is 4. The van der Waals surface area contributed by atoms with Crippen LogP contribution in [0, 0.1) is 11.8 Å². The number of hydrogen-bond donors (Lipinski definition) is 0. The molecule has 0 fully saturated rings. The fraction of sp³-hybridized carbons (Fsp3) is 0.273. The maximum Gasteiger partial charge on any atom is 0.387 e. The minimum Gasteiger partial charge on any atom is -0.435 e. The van der Waals surface area contributed by atoms with E-state index in [1.807, 2.05) is 0 Å². The molecule has 0 radical (unpaired) electrons. The molecule has 0 unspecified atom stereocenters. The lowest BCUT2D eigenvalue weighted by molar-refractivity contribution is -0.0498. The summed E-state index contributed by atoms with van der Waals surface area (Å²) in [5.41, 5.74) is 8.71. The molecule has 0 aliphatic rings. The first-order chi connectivity index (χ1) is 8.22. The zero-order chi connectivity index (χ0) is 12.5. The van der Waals surface area contributed by atoms with E-state index < -0.39 is 6.61 Å². The average molecular weight is 237 g/mol. The summed E-state index contributed by atoms with van der Waals surface area (Å²) in [6.45, 7) is -2.51. The SMILES string of the molecule is [N-]=[N+]=NCCC#Cc1ccc(OC(F)F)cc1. The van der Waals surface area contributed by atoms with Gasteiger partial charge < -0.3 is 4.74 Å². The van der Waals surface area contributed by atoms with Crippen molar-refractivity contribution in [2.75, 3.05) is 6.54 Å². The summed E-state index contributed by atoms with van der Waals surface area (Å²) < 4.78 is 27.9. The molecular formula is C11H9F2N3O. The second-order valence-corrected chi connectivity index (χ2v) is 2.91. The Morgan fingerprint density at radius 2 is 2.06 bits per heavy atom. The van der Waals surface area contributed by atoms with Crippen molar-refractivity contribution >= 4 is 0 Å². The summed E-state index contributed by atoms with van der Waals surface area (Å²) in [6, 6.07) is 6.00. The maximum absolute atomic E-state index is 11.9. The molecule has 0 saturated carbocycles. The van der Waals surface area contributed by atoms with Gasteiger partial charge in [0.15, 0.2) is 0 Å². The highest BCUT2D eigenvalue weighted by Gasteiger charge is 2.02. The summed E-state index contributed by atoms with van der Waals surface area (Å²) >= 11 is 0. The third-order valence-corrected chi connectivity index (χ3v) is 1.71. The lowest BCUT2D eigenvalue weighted by Gasteiger charge is -2.02. The van der Waals surface area contributed by atoms with E-state index in [1.54, 1.807) is 12.1 Å². The fourth-order valence-corrected chi connectivity index (χ4v) is 1.03. The summed E-state index contributed by atoms with van der Waals surface area (Å²) in [7, 11) is 0. The van der Waals surface area contributed by atoms with E-state index in [0.717, 1.165) is 0 Å². The molecule has 1 aromatic rings. The molecule has 0 amide bonds. The topological polar surface area (TPSA) is 58.0 Å². The molecular weight excluding hydrogens is 228 g/mol. The zero-order valence-electron chi connectivity index (χ0n) is 8.81. The quantitative estimate of drug-likeness (QED) is 0.260.